The number of carbonyl (C=O) groups excluding carboxylic acids is 1. The topological polar surface area (TPSA) is 78.1 Å². The van der Waals surface area contributed by atoms with Crippen LogP contribution in [0.2, 0.25) is 0 Å². The molecule has 210 valence electrons. The molecule has 2 atom stereocenters. The highest BCUT2D eigenvalue weighted by Gasteiger charge is 2.37. The van der Waals surface area contributed by atoms with Gasteiger partial charge in [-0.25, -0.2) is 0 Å². The first kappa shape index (κ1) is 27.9. The van der Waals surface area contributed by atoms with Gasteiger partial charge in [-0.1, -0.05) is 18.2 Å². The molecular formula is C32H35BrN2O5. The van der Waals surface area contributed by atoms with E-state index in [4.69, 9.17) is 18.9 Å². The van der Waals surface area contributed by atoms with Crippen molar-refractivity contribution in [2.75, 3.05) is 31.5 Å². The van der Waals surface area contributed by atoms with Gasteiger partial charge >= 0.3 is 0 Å². The van der Waals surface area contributed by atoms with Gasteiger partial charge in [0.2, 0.25) is 0 Å². The Morgan fingerprint density at radius 3 is 2.38 bits per heavy atom. The number of rotatable bonds is 8. The van der Waals surface area contributed by atoms with Crippen molar-refractivity contribution in [1.82, 2.24) is 0 Å². The Hall–Kier alpha value is -3.65. The minimum atomic E-state index is -0.377. The lowest BCUT2D eigenvalue weighted by molar-refractivity contribution is -0.116. The molecule has 0 saturated carbocycles. The number of allylic oxidation sites excluding steroid dienone is 1. The van der Waals surface area contributed by atoms with Gasteiger partial charge in [0.05, 0.1) is 48.8 Å². The quantitative estimate of drug-likeness (QED) is 0.273. The third kappa shape index (κ3) is 5.50. The fourth-order valence-electron chi connectivity index (χ4n) is 5.48. The van der Waals surface area contributed by atoms with Crippen molar-refractivity contribution in [3.05, 3.63) is 81.5 Å². The molecule has 2 aliphatic rings. The summed E-state index contributed by atoms with van der Waals surface area (Å²) in [5, 5.41) is 7.25. The van der Waals surface area contributed by atoms with Crippen molar-refractivity contribution in [2.45, 2.75) is 51.7 Å². The van der Waals surface area contributed by atoms with Crippen molar-refractivity contribution in [3.8, 4) is 23.0 Å². The number of methoxy groups -OCH3 is 2. The number of Topliss-reactive ketones (excluding diaryl/α,β-unsaturated/α-hetero) is 1. The zero-order valence-corrected chi connectivity index (χ0v) is 25.1. The van der Waals surface area contributed by atoms with Gasteiger partial charge in [0.25, 0.3) is 0 Å². The second-order valence-corrected chi connectivity index (χ2v) is 11.1. The summed E-state index contributed by atoms with van der Waals surface area (Å²) in [6, 6.07) is 17.6. The van der Waals surface area contributed by atoms with E-state index in [9.17, 15) is 4.79 Å². The number of hydrogen-bond acceptors (Lipinski definition) is 7. The molecule has 1 aliphatic heterocycles. The highest BCUT2D eigenvalue weighted by Crippen LogP contribution is 2.47. The molecule has 2 N–H and O–H groups in total. The Bertz CT molecular complexity index is 1450. The standard InChI is InChI=1S/C32H35BrN2O5/c1-6-39-29-17-21(13-22(33)32(29)38-5)31-30-25(34-23-9-7-8-10-24(23)35-31)14-20(15-26(30)36)19-11-12-27(40-18(2)3)28(16-19)37-4/h7-13,16-18,20,31,34-35H,6,14-15H2,1-5H3. The zero-order valence-electron chi connectivity index (χ0n) is 23.5. The first-order chi connectivity index (χ1) is 19.3. The van der Waals surface area contributed by atoms with Gasteiger partial charge in [-0.3, -0.25) is 4.79 Å². The number of halogens is 1. The van der Waals surface area contributed by atoms with Crippen molar-refractivity contribution in [3.63, 3.8) is 0 Å². The van der Waals surface area contributed by atoms with E-state index in [1.165, 1.54) is 0 Å². The lowest BCUT2D eigenvalue weighted by Gasteiger charge is -2.30. The molecule has 2 unspecified atom stereocenters. The average Bonchev–Trinajstić information content (AvgIpc) is 3.10. The summed E-state index contributed by atoms with van der Waals surface area (Å²) in [6.45, 7) is 6.40. The summed E-state index contributed by atoms with van der Waals surface area (Å²) in [4.78, 5) is 14.0. The van der Waals surface area contributed by atoms with Gasteiger partial charge in [-0.05, 0) is 96.6 Å². The van der Waals surface area contributed by atoms with Crippen LogP contribution < -0.4 is 29.6 Å². The predicted octanol–water partition coefficient (Wildman–Crippen LogP) is 7.63. The number of anilines is 2. The third-order valence-corrected chi connectivity index (χ3v) is 7.79. The minimum absolute atomic E-state index is 0.00625. The van der Waals surface area contributed by atoms with Crippen molar-refractivity contribution >= 4 is 33.1 Å². The number of ketones is 1. The largest absolute Gasteiger partial charge is 0.493 e. The van der Waals surface area contributed by atoms with E-state index in [-0.39, 0.29) is 23.8 Å². The molecule has 0 bridgehead atoms. The molecule has 0 aromatic heterocycles. The van der Waals surface area contributed by atoms with Gasteiger partial charge in [-0.15, -0.1) is 0 Å². The normalized spacial score (nSPS) is 18.2. The Morgan fingerprint density at radius 2 is 1.68 bits per heavy atom. The number of hydrogen-bond donors (Lipinski definition) is 2. The van der Waals surface area contributed by atoms with Crippen molar-refractivity contribution < 1.29 is 23.7 Å². The van der Waals surface area contributed by atoms with E-state index in [2.05, 4.69) is 26.6 Å². The second-order valence-electron chi connectivity index (χ2n) is 10.2. The molecule has 8 heteroatoms. The smallest absolute Gasteiger partial charge is 0.174 e. The second kappa shape index (κ2) is 11.8. The van der Waals surface area contributed by atoms with E-state index in [0.717, 1.165) is 38.2 Å². The van der Waals surface area contributed by atoms with Crippen molar-refractivity contribution in [1.29, 1.82) is 0 Å². The maximum Gasteiger partial charge on any atom is 0.174 e. The summed E-state index contributed by atoms with van der Waals surface area (Å²) in [5.41, 5.74) is 5.46. The maximum absolute atomic E-state index is 14.0. The monoisotopic (exact) mass is 606 g/mol. The molecule has 40 heavy (non-hydrogen) atoms. The van der Waals surface area contributed by atoms with Gasteiger partial charge in [0.1, 0.15) is 0 Å². The van der Waals surface area contributed by atoms with E-state index in [1.54, 1.807) is 14.2 Å². The predicted molar refractivity (Wildman–Crippen MR) is 161 cm³/mol. The molecular weight excluding hydrogens is 572 g/mol. The average molecular weight is 608 g/mol. The Kier molecular flexibility index (Phi) is 8.26. The molecule has 1 aliphatic carbocycles. The molecule has 0 radical (unpaired) electrons. The minimum Gasteiger partial charge on any atom is -0.493 e. The van der Waals surface area contributed by atoms with Crippen LogP contribution in [0.1, 0.15) is 56.7 Å². The van der Waals surface area contributed by atoms with Crippen molar-refractivity contribution in [2.24, 2.45) is 0 Å². The van der Waals surface area contributed by atoms with Crippen LogP contribution in [0.5, 0.6) is 23.0 Å². The third-order valence-electron chi connectivity index (χ3n) is 7.20. The Labute approximate surface area is 244 Å². The molecule has 1 heterocycles. The Morgan fingerprint density at radius 1 is 0.925 bits per heavy atom. The number of benzene rings is 3. The van der Waals surface area contributed by atoms with Gasteiger partial charge in [0.15, 0.2) is 28.8 Å². The van der Waals surface area contributed by atoms with Crippen LogP contribution in [0.15, 0.2) is 70.3 Å². The van der Waals surface area contributed by atoms with Crippen LogP contribution in [-0.2, 0) is 4.79 Å². The summed E-state index contributed by atoms with van der Waals surface area (Å²) in [6.07, 6.45) is 1.10. The molecule has 3 aromatic carbocycles. The van der Waals surface area contributed by atoms with Crippen LogP contribution in [0, 0.1) is 0 Å². The number of fused-ring (bicyclic) bond motifs is 1. The molecule has 0 spiro atoms. The van der Waals surface area contributed by atoms with Crippen LogP contribution in [-0.4, -0.2) is 32.7 Å². The highest BCUT2D eigenvalue weighted by molar-refractivity contribution is 9.10. The summed E-state index contributed by atoms with van der Waals surface area (Å²) in [7, 11) is 3.26. The first-order valence-corrected chi connectivity index (χ1v) is 14.4. The van der Waals surface area contributed by atoms with Gasteiger partial charge in [0, 0.05) is 17.7 Å². The number of para-hydroxylation sites is 2. The zero-order chi connectivity index (χ0) is 28.4. The highest BCUT2D eigenvalue weighted by atomic mass is 79.9. The van der Waals surface area contributed by atoms with E-state index >= 15 is 0 Å². The maximum atomic E-state index is 14.0. The van der Waals surface area contributed by atoms with Gasteiger partial charge in [-0.2, -0.15) is 0 Å². The molecule has 3 aromatic rings. The van der Waals surface area contributed by atoms with E-state index in [0.29, 0.717) is 42.4 Å². The molecule has 7 nitrogen and oxygen atoms in total. The first-order valence-electron chi connectivity index (χ1n) is 13.6. The SMILES string of the molecule is CCOc1cc(C2Nc3ccccc3NC3=C2C(=O)CC(c2ccc(OC(C)C)c(OC)c2)C3)cc(Br)c1OC. The van der Waals surface area contributed by atoms with E-state index in [1.807, 2.05) is 75.4 Å². The van der Waals surface area contributed by atoms with Crippen LogP contribution in [0.25, 0.3) is 0 Å². The number of nitrogens with one attached hydrogen (secondary N) is 2. The molecule has 5 rings (SSSR count). The lowest BCUT2D eigenvalue weighted by Crippen LogP contribution is -2.27. The van der Waals surface area contributed by atoms with Crippen LogP contribution in [0.4, 0.5) is 11.4 Å². The Balaban J connectivity index is 1.58. The number of ether oxygens (including phenoxy) is 4. The lowest BCUT2D eigenvalue weighted by atomic mass is 9.78. The fourth-order valence-corrected chi connectivity index (χ4v) is 6.10. The number of carbonyl (C=O) groups is 1. The molecule has 0 saturated heterocycles. The molecule has 0 amide bonds. The summed E-state index contributed by atoms with van der Waals surface area (Å²) >= 11 is 3.65. The molecule has 0 fully saturated rings. The van der Waals surface area contributed by atoms with E-state index < -0.39 is 0 Å². The van der Waals surface area contributed by atoms with Crippen LogP contribution >= 0.6 is 15.9 Å². The van der Waals surface area contributed by atoms with Crippen LogP contribution in [0.3, 0.4) is 0 Å². The van der Waals surface area contributed by atoms with Gasteiger partial charge < -0.3 is 29.6 Å². The summed E-state index contributed by atoms with van der Waals surface area (Å²) in [5.74, 6) is 2.71. The fraction of sp³-hybridized carbons (Fsp3) is 0.344. The summed E-state index contributed by atoms with van der Waals surface area (Å²) < 4.78 is 23.8.